The third kappa shape index (κ3) is 9.30. The van der Waals surface area contributed by atoms with Crippen molar-refractivity contribution in [1.82, 2.24) is 10.6 Å². The number of carboxylic acids is 1. The number of hydrogen-bond donors (Lipinski definition) is 3. The maximum atomic E-state index is 11.5. The van der Waals surface area contributed by atoms with Crippen LogP contribution < -0.4 is 10.6 Å². The summed E-state index contributed by atoms with van der Waals surface area (Å²) < 4.78 is 4.81. The third-order valence-corrected chi connectivity index (χ3v) is 2.97. The van der Waals surface area contributed by atoms with E-state index >= 15 is 0 Å². The SMILES string of the molecule is CC(C)C(CNC(=O)NCCOCC(=O)O)C(C)C. The van der Waals surface area contributed by atoms with Gasteiger partial charge in [-0.05, 0) is 17.8 Å². The summed E-state index contributed by atoms with van der Waals surface area (Å²) in [4.78, 5) is 21.7. The Morgan fingerprint density at radius 1 is 1.11 bits per heavy atom. The van der Waals surface area contributed by atoms with Gasteiger partial charge in [-0.3, -0.25) is 0 Å². The van der Waals surface area contributed by atoms with E-state index in [0.29, 0.717) is 30.8 Å². The first kappa shape index (κ1) is 17.7. The predicted octanol–water partition coefficient (Wildman–Crippen LogP) is 1.31. The van der Waals surface area contributed by atoms with Crippen molar-refractivity contribution in [3.63, 3.8) is 0 Å². The number of carbonyl (C=O) groups excluding carboxylic acids is 1. The van der Waals surface area contributed by atoms with Crippen molar-refractivity contribution >= 4 is 12.0 Å². The van der Waals surface area contributed by atoms with Crippen LogP contribution in [-0.2, 0) is 9.53 Å². The smallest absolute Gasteiger partial charge is 0.329 e. The van der Waals surface area contributed by atoms with Gasteiger partial charge in [0.2, 0.25) is 0 Å². The number of amides is 2. The number of carboxylic acid groups (broad SMARTS) is 1. The number of urea groups is 1. The van der Waals surface area contributed by atoms with E-state index in [1.54, 1.807) is 0 Å². The van der Waals surface area contributed by atoms with Crippen molar-refractivity contribution in [2.75, 3.05) is 26.3 Å². The second kappa shape index (κ2) is 9.61. The number of carbonyl (C=O) groups is 2. The van der Waals surface area contributed by atoms with Gasteiger partial charge in [-0.2, -0.15) is 0 Å². The first-order chi connectivity index (χ1) is 8.84. The summed E-state index contributed by atoms with van der Waals surface area (Å²) in [5.74, 6) is 0.452. The van der Waals surface area contributed by atoms with E-state index in [-0.39, 0.29) is 19.2 Å². The van der Waals surface area contributed by atoms with Crippen molar-refractivity contribution in [2.45, 2.75) is 27.7 Å². The number of aliphatic carboxylic acids is 1. The zero-order chi connectivity index (χ0) is 14.8. The van der Waals surface area contributed by atoms with Crippen LogP contribution in [0.25, 0.3) is 0 Å². The summed E-state index contributed by atoms with van der Waals surface area (Å²) in [6.07, 6.45) is 0. The highest BCUT2D eigenvalue weighted by Gasteiger charge is 2.17. The molecular formula is C13H26N2O4. The van der Waals surface area contributed by atoms with Crippen molar-refractivity contribution in [2.24, 2.45) is 17.8 Å². The molecule has 0 heterocycles. The van der Waals surface area contributed by atoms with Crippen LogP contribution in [-0.4, -0.2) is 43.4 Å². The molecule has 19 heavy (non-hydrogen) atoms. The minimum absolute atomic E-state index is 0.192. The number of ether oxygens (including phenoxy) is 1. The molecule has 0 atom stereocenters. The highest BCUT2D eigenvalue weighted by atomic mass is 16.5. The van der Waals surface area contributed by atoms with Gasteiger partial charge in [0, 0.05) is 13.1 Å². The van der Waals surface area contributed by atoms with Crippen LogP contribution >= 0.6 is 0 Å². The van der Waals surface area contributed by atoms with Crippen LogP contribution in [0.2, 0.25) is 0 Å². The summed E-state index contributed by atoms with van der Waals surface area (Å²) in [6.45, 7) is 9.36. The molecule has 0 saturated heterocycles. The van der Waals surface area contributed by atoms with Gasteiger partial charge in [0.25, 0.3) is 0 Å². The van der Waals surface area contributed by atoms with Crippen molar-refractivity contribution < 1.29 is 19.4 Å². The molecule has 0 aliphatic rings. The second-order valence-electron chi connectivity index (χ2n) is 5.24. The molecule has 0 spiro atoms. The van der Waals surface area contributed by atoms with Gasteiger partial charge in [0.1, 0.15) is 6.61 Å². The lowest BCUT2D eigenvalue weighted by molar-refractivity contribution is -0.142. The Hall–Kier alpha value is -1.30. The molecule has 6 heteroatoms. The molecule has 0 aliphatic heterocycles. The maximum absolute atomic E-state index is 11.5. The lowest BCUT2D eigenvalue weighted by atomic mass is 9.85. The Morgan fingerprint density at radius 2 is 1.68 bits per heavy atom. The lowest BCUT2D eigenvalue weighted by Gasteiger charge is -2.25. The Labute approximate surface area is 114 Å². The first-order valence-electron chi connectivity index (χ1n) is 6.65. The molecule has 0 bridgehead atoms. The zero-order valence-corrected chi connectivity index (χ0v) is 12.2. The molecule has 0 fully saturated rings. The summed E-state index contributed by atoms with van der Waals surface area (Å²) in [6, 6.07) is -0.245. The van der Waals surface area contributed by atoms with Gasteiger partial charge in [0.05, 0.1) is 6.61 Å². The monoisotopic (exact) mass is 274 g/mol. The number of nitrogens with one attached hydrogen (secondary N) is 2. The Bertz CT molecular complexity index is 272. The molecule has 0 aromatic heterocycles. The fraction of sp³-hybridized carbons (Fsp3) is 0.846. The van der Waals surface area contributed by atoms with Gasteiger partial charge in [-0.1, -0.05) is 27.7 Å². The highest BCUT2D eigenvalue weighted by molar-refractivity contribution is 5.73. The molecule has 0 radical (unpaired) electrons. The molecule has 0 rings (SSSR count). The first-order valence-corrected chi connectivity index (χ1v) is 6.65. The van der Waals surface area contributed by atoms with Gasteiger partial charge < -0.3 is 20.5 Å². The molecule has 0 unspecified atom stereocenters. The lowest BCUT2D eigenvalue weighted by Crippen LogP contribution is -2.41. The van der Waals surface area contributed by atoms with Gasteiger partial charge >= 0.3 is 12.0 Å². The fourth-order valence-electron chi connectivity index (χ4n) is 1.91. The maximum Gasteiger partial charge on any atom is 0.329 e. The van der Waals surface area contributed by atoms with E-state index in [1.807, 2.05) is 0 Å². The van der Waals surface area contributed by atoms with Crippen molar-refractivity contribution in [3.8, 4) is 0 Å². The Balaban J connectivity index is 3.71. The number of hydrogen-bond acceptors (Lipinski definition) is 3. The standard InChI is InChI=1S/C13H26N2O4/c1-9(2)11(10(3)4)7-15-13(18)14-5-6-19-8-12(16)17/h9-11H,5-8H2,1-4H3,(H,16,17)(H2,14,15,18). The molecule has 6 nitrogen and oxygen atoms in total. The van der Waals surface area contributed by atoms with E-state index in [4.69, 9.17) is 9.84 Å². The summed E-state index contributed by atoms with van der Waals surface area (Å²) >= 11 is 0. The molecule has 3 N–H and O–H groups in total. The van der Waals surface area contributed by atoms with Crippen LogP contribution in [0.4, 0.5) is 4.79 Å². The average Bonchev–Trinajstić information content (AvgIpc) is 2.27. The molecule has 0 aromatic carbocycles. The van der Waals surface area contributed by atoms with Crippen LogP contribution in [0.1, 0.15) is 27.7 Å². The van der Waals surface area contributed by atoms with Gasteiger partial charge in [0.15, 0.2) is 0 Å². The van der Waals surface area contributed by atoms with E-state index in [1.165, 1.54) is 0 Å². The largest absolute Gasteiger partial charge is 0.480 e. The Kier molecular flexibility index (Phi) is 8.95. The fourth-order valence-corrected chi connectivity index (χ4v) is 1.91. The highest BCUT2D eigenvalue weighted by Crippen LogP contribution is 2.19. The molecule has 0 saturated carbocycles. The number of rotatable bonds is 9. The van der Waals surface area contributed by atoms with Gasteiger partial charge in [-0.25, -0.2) is 9.59 Å². The third-order valence-electron chi connectivity index (χ3n) is 2.97. The summed E-state index contributed by atoms with van der Waals surface area (Å²) in [5.41, 5.74) is 0. The molecule has 0 aromatic rings. The van der Waals surface area contributed by atoms with E-state index in [9.17, 15) is 9.59 Å². The Morgan fingerprint density at radius 3 is 2.16 bits per heavy atom. The molecular weight excluding hydrogens is 248 g/mol. The van der Waals surface area contributed by atoms with Crippen molar-refractivity contribution in [3.05, 3.63) is 0 Å². The molecule has 2 amide bonds. The van der Waals surface area contributed by atoms with Crippen LogP contribution in [0.15, 0.2) is 0 Å². The van der Waals surface area contributed by atoms with E-state index in [0.717, 1.165) is 0 Å². The minimum atomic E-state index is -1.01. The zero-order valence-electron chi connectivity index (χ0n) is 12.2. The van der Waals surface area contributed by atoms with Crippen LogP contribution in [0.3, 0.4) is 0 Å². The average molecular weight is 274 g/mol. The summed E-state index contributed by atoms with van der Waals surface area (Å²) in [7, 11) is 0. The van der Waals surface area contributed by atoms with Crippen molar-refractivity contribution in [1.29, 1.82) is 0 Å². The van der Waals surface area contributed by atoms with Gasteiger partial charge in [-0.15, -0.1) is 0 Å². The minimum Gasteiger partial charge on any atom is -0.480 e. The molecule has 0 aliphatic carbocycles. The quantitative estimate of drug-likeness (QED) is 0.553. The normalized spacial score (nSPS) is 11.1. The predicted molar refractivity (Wildman–Crippen MR) is 73.0 cm³/mol. The van der Waals surface area contributed by atoms with Crippen LogP contribution in [0, 0.1) is 17.8 Å². The second-order valence-corrected chi connectivity index (χ2v) is 5.24. The topological polar surface area (TPSA) is 87.7 Å². The van der Waals surface area contributed by atoms with Crippen LogP contribution in [0.5, 0.6) is 0 Å². The molecule has 112 valence electrons. The van der Waals surface area contributed by atoms with E-state index < -0.39 is 5.97 Å². The summed E-state index contributed by atoms with van der Waals surface area (Å²) in [5, 5.41) is 13.8. The van der Waals surface area contributed by atoms with E-state index in [2.05, 4.69) is 38.3 Å².